The second kappa shape index (κ2) is 2.34. The summed E-state index contributed by atoms with van der Waals surface area (Å²) in [5, 5.41) is 0. The molecule has 1 saturated carbocycles. The highest BCUT2D eigenvalue weighted by Crippen LogP contribution is 2.28. The van der Waals surface area contributed by atoms with Gasteiger partial charge in [0.2, 0.25) is 0 Å². The van der Waals surface area contributed by atoms with Crippen molar-refractivity contribution in [2.45, 2.75) is 32.6 Å². The molecule has 1 unspecified atom stereocenters. The minimum atomic E-state index is 1.00. The standard InChI is InChI=1S/C7H13/c1-2-4-7-5-3-6-7/h5,7H,2-4,6H2,1H3. The molecule has 0 aromatic carbocycles. The fraction of sp³-hybridized carbons (Fsp3) is 0.857. The Morgan fingerprint density at radius 1 is 1.71 bits per heavy atom. The van der Waals surface area contributed by atoms with Gasteiger partial charge in [-0.15, -0.1) is 0 Å². The van der Waals surface area contributed by atoms with Crippen molar-refractivity contribution in [1.82, 2.24) is 0 Å². The van der Waals surface area contributed by atoms with Crippen LogP contribution in [-0.2, 0) is 0 Å². The summed E-state index contributed by atoms with van der Waals surface area (Å²) in [4.78, 5) is 0. The van der Waals surface area contributed by atoms with E-state index >= 15 is 0 Å². The van der Waals surface area contributed by atoms with Crippen LogP contribution < -0.4 is 0 Å². The second-order valence-electron chi connectivity index (χ2n) is 2.36. The maximum Gasteiger partial charge on any atom is -0.0355 e. The molecule has 0 N–H and O–H groups in total. The van der Waals surface area contributed by atoms with Crippen molar-refractivity contribution in [3.63, 3.8) is 0 Å². The van der Waals surface area contributed by atoms with Gasteiger partial charge in [0.15, 0.2) is 0 Å². The van der Waals surface area contributed by atoms with Crippen LogP contribution in [0.15, 0.2) is 0 Å². The topological polar surface area (TPSA) is 0 Å². The highest BCUT2D eigenvalue weighted by molar-refractivity contribution is 4.86. The molecule has 1 aliphatic rings. The summed E-state index contributed by atoms with van der Waals surface area (Å²) in [6.45, 7) is 2.26. The SMILES string of the molecule is CCCC1[CH]CC1. The van der Waals surface area contributed by atoms with Crippen molar-refractivity contribution in [3.8, 4) is 0 Å². The zero-order valence-electron chi connectivity index (χ0n) is 4.98. The maximum atomic E-state index is 2.43. The first-order valence-electron chi connectivity index (χ1n) is 3.27. The molecule has 0 aromatic rings. The minimum absolute atomic E-state index is 1.00. The van der Waals surface area contributed by atoms with Gasteiger partial charge in [0.05, 0.1) is 0 Å². The van der Waals surface area contributed by atoms with E-state index in [1.54, 1.807) is 0 Å². The summed E-state index contributed by atoms with van der Waals surface area (Å²) < 4.78 is 0. The molecule has 0 nitrogen and oxygen atoms in total. The Balaban J connectivity index is 1.93. The van der Waals surface area contributed by atoms with Crippen LogP contribution in [-0.4, -0.2) is 0 Å². The minimum Gasteiger partial charge on any atom is -0.0654 e. The largest absolute Gasteiger partial charge is 0.0654 e. The van der Waals surface area contributed by atoms with Crippen LogP contribution in [0.3, 0.4) is 0 Å². The van der Waals surface area contributed by atoms with Crippen LogP contribution in [0.2, 0.25) is 0 Å². The molecule has 1 atom stereocenters. The third-order valence-corrected chi connectivity index (χ3v) is 1.70. The van der Waals surface area contributed by atoms with Crippen LogP contribution in [0.25, 0.3) is 0 Å². The summed E-state index contributed by atoms with van der Waals surface area (Å²) >= 11 is 0. The van der Waals surface area contributed by atoms with Gasteiger partial charge in [-0.1, -0.05) is 19.8 Å². The lowest BCUT2D eigenvalue weighted by atomic mass is 9.82. The van der Waals surface area contributed by atoms with Gasteiger partial charge in [-0.25, -0.2) is 0 Å². The molecule has 7 heavy (non-hydrogen) atoms. The molecule has 0 aromatic heterocycles. The summed E-state index contributed by atoms with van der Waals surface area (Å²) in [5.41, 5.74) is 0. The Morgan fingerprint density at radius 2 is 2.43 bits per heavy atom. The monoisotopic (exact) mass is 97.1 g/mol. The van der Waals surface area contributed by atoms with Gasteiger partial charge in [-0.05, 0) is 25.2 Å². The van der Waals surface area contributed by atoms with Crippen LogP contribution in [0, 0.1) is 12.3 Å². The number of rotatable bonds is 2. The molecule has 0 amide bonds. The van der Waals surface area contributed by atoms with Crippen LogP contribution >= 0.6 is 0 Å². The predicted molar refractivity (Wildman–Crippen MR) is 31.9 cm³/mol. The van der Waals surface area contributed by atoms with Crippen molar-refractivity contribution in [2.24, 2.45) is 5.92 Å². The third-order valence-electron chi connectivity index (χ3n) is 1.70. The van der Waals surface area contributed by atoms with E-state index in [1.807, 2.05) is 0 Å². The van der Waals surface area contributed by atoms with Crippen molar-refractivity contribution in [3.05, 3.63) is 6.42 Å². The van der Waals surface area contributed by atoms with E-state index in [-0.39, 0.29) is 0 Å². The molecule has 0 spiro atoms. The average Bonchev–Trinajstić information content (AvgIpc) is 1.55. The van der Waals surface area contributed by atoms with Crippen LogP contribution in [0.5, 0.6) is 0 Å². The number of hydrogen-bond acceptors (Lipinski definition) is 0. The molecule has 1 radical (unpaired) electrons. The quantitative estimate of drug-likeness (QED) is 0.496. The fourth-order valence-corrected chi connectivity index (χ4v) is 1.04. The average molecular weight is 97.2 g/mol. The highest BCUT2D eigenvalue weighted by Gasteiger charge is 2.15. The van der Waals surface area contributed by atoms with Gasteiger partial charge in [0, 0.05) is 0 Å². The molecule has 1 rings (SSSR count). The van der Waals surface area contributed by atoms with Crippen molar-refractivity contribution in [2.75, 3.05) is 0 Å². The van der Waals surface area contributed by atoms with Crippen LogP contribution in [0.4, 0.5) is 0 Å². The van der Waals surface area contributed by atoms with E-state index in [4.69, 9.17) is 0 Å². The molecular formula is C7H13. The molecule has 0 heterocycles. The van der Waals surface area contributed by atoms with Crippen LogP contribution in [0.1, 0.15) is 32.6 Å². The highest BCUT2D eigenvalue weighted by atomic mass is 14.2. The van der Waals surface area contributed by atoms with Gasteiger partial charge < -0.3 is 0 Å². The fourth-order valence-electron chi connectivity index (χ4n) is 1.04. The van der Waals surface area contributed by atoms with E-state index < -0.39 is 0 Å². The molecule has 1 aliphatic carbocycles. The van der Waals surface area contributed by atoms with Crippen molar-refractivity contribution >= 4 is 0 Å². The van der Waals surface area contributed by atoms with E-state index in [0.717, 1.165) is 5.92 Å². The van der Waals surface area contributed by atoms with E-state index in [2.05, 4.69) is 13.3 Å². The summed E-state index contributed by atoms with van der Waals surface area (Å²) in [5.74, 6) is 1.00. The maximum absolute atomic E-state index is 2.43. The second-order valence-corrected chi connectivity index (χ2v) is 2.36. The summed E-state index contributed by atoms with van der Waals surface area (Å²) in [6.07, 6.45) is 8.07. The van der Waals surface area contributed by atoms with Gasteiger partial charge in [-0.3, -0.25) is 0 Å². The van der Waals surface area contributed by atoms with Gasteiger partial charge >= 0.3 is 0 Å². The Bertz CT molecular complexity index is 44.0. The zero-order chi connectivity index (χ0) is 5.11. The van der Waals surface area contributed by atoms with E-state index in [9.17, 15) is 0 Å². The first kappa shape index (κ1) is 5.14. The molecule has 1 fully saturated rings. The first-order valence-corrected chi connectivity index (χ1v) is 3.27. The normalized spacial score (nSPS) is 21.9. The first-order chi connectivity index (χ1) is 3.43. The molecule has 41 valence electrons. The van der Waals surface area contributed by atoms with Crippen molar-refractivity contribution in [1.29, 1.82) is 0 Å². The van der Waals surface area contributed by atoms with E-state index in [0.29, 0.717) is 0 Å². The smallest absolute Gasteiger partial charge is 0.0355 e. The lowest BCUT2D eigenvalue weighted by molar-refractivity contribution is 0.400. The van der Waals surface area contributed by atoms with Gasteiger partial charge in [-0.2, -0.15) is 0 Å². The third kappa shape index (κ3) is 1.19. The molecule has 0 saturated heterocycles. The molecule has 0 bridgehead atoms. The Kier molecular flexibility index (Phi) is 1.72. The van der Waals surface area contributed by atoms with Gasteiger partial charge in [0.1, 0.15) is 0 Å². The Labute approximate surface area is 45.9 Å². The lowest BCUT2D eigenvalue weighted by Crippen LogP contribution is -2.10. The molecular weight excluding hydrogens is 84.1 g/mol. The van der Waals surface area contributed by atoms with Crippen molar-refractivity contribution < 1.29 is 0 Å². The lowest BCUT2D eigenvalue weighted by Gasteiger charge is -2.23. The summed E-state index contributed by atoms with van der Waals surface area (Å²) in [6, 6.07) is 0. The van der Waals surface area contributed by atoms with Gasteiger partial charge in [0.25, 0.3) is 0 Å². The molecule has 0 aliphatic heterocycles. The predicted octanol–water partition coefficient (Wildman–Crippen LogP) is 2.40. The Morgan fingerprint density at radius 3 is 2.57 bits per heavy atom. The summed E-state index contributed by atoms with van der Waals surface area (Å²) in [7, 11) is 0. The molecule has 0 heteroatoms. The van der Waals surface area contributed by atoms with E-state index in [1.165, 1.54) is 25.7 Å². The number of hydrogen-bond donors (Lipinski definition) is 0. The Hall–Kier alpha value is 0. The zero-order valence-corrected chi connectivity index (χ0v) is 4.98.